The summed E-state index contributed by atoms with van der Waals surface area (Å²) in [6, 6.07) is 13.9. The van der Waals surface area contributed by atoms with Gasteiger partial charge < -0.3 is 0 Å². The molecule has 0 saturated heterocycles. The molecule has 1 N–H and O–H groups in total. The summed E-state index contributed by atoms with van der Waals surface area (Å²) < 4.78 is 3.92. The van der Waals surface area contributed by atoms with Crippen LogP contribution in [0.25, 0.3) is 16.4 Å². The molecular formula is C17H14N6S2. The van der Waals surface area contributed by atoms with Gasteiger partial charge in [0.15, 0.2) is 5.82 Å². The summed E-state index contributed by atoms with van der Waals surface area (Å²) >= 11 is 6.88. The van der Waals surface area contributed by atoms with Crippen molar-refractivity contribution in [2.75, 3.05) is 0 Å². The van der Waals surface area contributed by atoms with Gasteiger partial charge >= 0.3 is 0 Å². The fourth-order valence-electron chi connectivity index (χ4n) is 2.40. The van der Waals surface area contributed by atoms with Gasteiger partial charge in [-0.15, -0.1) is 11.3 Å². The third-order valence-electron chi connectivity index (χ3n) is 3.66. The van der Waals surface area contributed by atoms with E-state index in [4.69, 9.17) is 12.2 Å². The van der Waals surface area contributed by atoms with Crippen molar-refractivity contribution in [3.63, 3.8) is 0 Å². The first kappa shape index (κ1) is 15.7. The summed E-state index contributed by atoms with van der Waals surface area (Å²) in [7, 11) is 0. The van der Waals surface area contributed by atoms with Crippen molar-refractivity contribution in [2.45, 2.75) is 6.92 Å². The highest BCUT2D eigenvalue weighted by Gasteiger charge is 2.09. The minimum atomic E-state index is 0.452. The first-order valence-electron chi connectivity index (χ1n) is 7.60. The van der Waals surface area contributed by atoms with E-state index >= 15 is 0 Å². The number of benzene rings is 1. The minimum absolute atomic E-state index is 0.452. The molecule has 0 fully saturated rings. The zero-order chi connectivity index (χ0) is 17.2. The van der Waals surface area contributed by atoms with Crippen molar-refractivity contribution in [3.05, 3.63) is 70.1 Å². The van der Waals surface area contributed by atoms with Crippen LogP contribution < -0.4 is 0 Å². The Bertz CT molecular complexity index is 1070. The lowest BCUT2D eigenvalue weighted by Crippen LogP contribution is -1.94. The monoisotopic (exact) mass is 366 g/mol. The molecule has 3 heterocycles. The standard InChI is InChI=1S/C17H14N6S2/c1-12-13(11-22(21-12)14-6-3-2-4-7-14)10-18-23-16(19-20-17(23)24)15-8-5-9-25-15/h2-11H,1H3,(H,20,24). The molecule has 4 rings (SSSR count). The summed E-state index contributed by atoms with van der Waals surface area (Å²) in [5.41, 5.74) is 2.81. The number of nitrogens with zero attached hydrogens (tertiary/aromatic N) is 5. The highest BCUT2D eigenvalue weighted by molar-refractivity contribution is 7.71. The first-order chi connectivity index (χ1) is 12.2. The molecule has 0 atom stereocenters. The molecule has 0 spiro atoms. The van der Waals surface area contributed by atoms with Crippen molar-refractivity contribution < 1.29 is 0 Å². The highest BCUT2D eigenvalue weighted by Crippen LogP contribution is 2.22. The number of thiophene rings is 1. The predicted molar refractivity (Wildman–Crippen MR) is 102 cm³/mol. The first-order valence-corrected chi connectivity index (χ1v) is 8.88. The smallest absolute Gasteiger partial charge is 0.216 e. The van der Waals surface area contributed by atoms with Gasteiger partial charge in [0.1, 0.15) is 0 Å². The topological polar surface area (TPSA) is 63.8 Å². The van der Waals surface area contributed by atoms with Crippen LogP contribution in [0.4, 0.5) is 0 Å². The van der Waals surface area contributed by atoms with Gasteiger partial charge in [0.2, 0.25) is 4.77 Å². The van der Waals surface area contributed by atoms with Crippen molar-refractivity contribution in [1.29, 1.82) is 0 Å². The van der Waals surface area contributed by atoms with Crippen molar-refractivity contribution in [2.24, 2.45) is 5.10 Å². The zero-order valence-corrected chi connectivity index (χ0v) is 15.0. The number of aromatic nitrogens is 5. The summed E-state index contributed by atoms with van der Waals surface area (Å²) in [4.78, 5) is 1.00. The Morgan fingerprint density at radius 3 is 2.80 bits per heavy atom. The van der Waals surface area contributed by atoms with E-state index in [1.807, 2.05) is 65.6 Å². The molecule has 0 saturated carbocycles. The summed E-state index contributed by atoms with van der Waals surface area (Å²) in [6.07, 6.45) is 3.70. The number of rotatable bonds is 4. The number of hydrogen-bond donors (Lipinski definition) is 1. The van der Waals surface area contributed by atoms with Gasteiger partial charge in [0.25, 0.3) is 0 Å². The van der Waals surface area contributed by atoms with Gasteiger partial charge in [-0.1, -0.05) is 24.3 Å². The molecule has 3 aromatic heterocycles. The molecule has 0 unspecified atom stereocenters. The van der Waals surface area contributed by atoms with Crippen LogP contribution in [0, 0.1) is 11.7 Å². The van der Waals surface area contributed by atoms with Crippen LogP contribution in [-0.4, -0.2) is 30.9 Å². The van der Waals surface area contributed by atoms with E-state index in [1.54, 1.807) is 22.2 Å². The van der Waals surface area contributed by atoms with Gasteiger partial charge in [-0.2, -0.15) is 20.0 Å². The zero-order valence-electron chi connectivity index (χ0n) is 13.3. The molecule has 124 valence electrons. The SMILES string of the molecule is Cc1nn(-c2ccccc2)cc1C=Nn1c(-c2cccs2)n[nH]c1=S. The molecule has 0 aliphatic rings. The molecule has 0 bridgehead atoms. The van der Waals surface area contributed by atoms with Gasteiger partial charge in [-0.05, 0) is 42.7 Å². The molecule has 0 amide bonds. The maximum Gasteiger partial charge on any atom is 0.216 e. The molecular weight excluding hydrogens is 352 g/mol. The van der Waals surface area contributed by atoms with Crippen LogP contribution in [0.15, 0.2) is 59.1 Å². The molecule has 8 heteroatoms. The van der Waals surface area contributed by atoms with Crippen LogP contribution in [0.1, 0.15) is 11.3 Å². The number of nitrogens with one attached hydrogen (secondary N) is 1. The average Bonchev–Trinajstić information content (AvgIpc) is 3.35. The maximum absolute atomic E-state index is 5.29. The number of H-pyrrole nitrogens is 1. The van der Waals surface area contributed by atoms with E-state index in [9.17, 15) is 0 Å². The van der Waals surface area contributed by atoms with Crippen LogP contribution in [0.2, 0.25) is 0 Å². The van der Waals surface area contributed by atoms with E-state index < -0.39 is 0 Å². The van der Waals surface area contributed by atoms with Crippen molar-refractivity contribution >= 4 is 29.8 Å². The number of hydrogen-bond acceptors (Lipinski definition) is 5. The Balaban J connectivity index is 1.69. The lowest BCUT2D eigenvalue weighted by Gasteiger charge is -1.98. The van der Waals surface area contributed by atoms with Crippen LogP contribution >= 0.6 is 23.6 Å². The number of para-hydroxylation sites is 1. The lowest BCUT2D eigenvalue weighted by atomic mass is 10.3. The summed E-state index contributed by atoms with van der Waals surface area (Å²) in [5.74, 6) is 0.698. The van der Waals surface area contributed by atoms with E-state index in [0.29, 0.717) is 10.6 Å². The molecule has 4 aromatic rings. The maximum atomic E-state index is 5.29. The quantitative estimate of drug-likeness (QED) is 0.438. The molecule has 0 aliphatic heterocycles. The van der Waals surface area contributed by atoms with E-state index in [1.165, 1.54) is 0 Å². The van der Waals surface area contributed by atoms with E-state index in [-0.39, 0.29) is 0 Å². The number of aryl methyl sites for hydroxylation is 1. The molecule has 0 aliphatic carbocycles. The Kier molecular flexibility index (Phi) is 4.12. The largest absolute Gasteiger partial charge is 0.250 e. The third kappa shape index (κ3) is 3.09. The normalized spacial score (nSPS) is 11.4. The third-order valence-corrected chi connectivity index (χ3v) is 4.79. The summed E-state index contributed by atoms with van der Waals surface area (Å²) in [6.45, 7) is 1.95. The van der Waals surface area contributed by atoms with E-state index in [0.717, 1.165) is 21.8 Å². The second kappa shape index (κ2) is 6.58. The molecule has 1 aromatic carbocycles. The van der Waals surface area contributed by atoms with E-state index in [2.05, 4.69) is 20.4 Å². The van der Waals surface area contributed by atoms with Crippen molar-refractivity contribution in [3.8, 4) is 16.4 Å². The summed E-state index contributed by atoms with van der Waals surface area (Å²) in [5, 5.41) is 18.1. The Labute approximate surface area is 153 Å². The van der Waals surface area contributed by atoms with Crippen LogP contribution in [0.5, 0.6) is 0 Å². The Morgan fingerprint density at radius 1 is 1.20 bits per heavy atom. The molecule has 0 radical (unpaired) electrons. The van der Waals surface area contributed by atoms with Crippen molar-refractivity contribution in [1.82, 2.24) is 24.7 Å². The molecule has 25 heavy (non-hydrogen) atoms. The average molecular weight is 366 g/mol. The van der Waals surface area contributed by atoms with Gasteiger partial charge in [-0.3, -0.25) is 0 Å². The lowest BCUT2D eigenvalue weighted by molar-refractivity contribution is 0.863. The fourth-order valence-corrected chi connectivity index (χ4v) is 3.27. The van der Waals surface area contributed by atoms with Crippen LogP contribution in [-0.2, 0) is 0 Å². The highest BCUT2D eigenvalue weighted by atomic mass is 32.1. The fraction of sp³-hybridized carbons (Fsp3) is 0.0588. The van der Waals surface area contributed by atoms with Gasteiger partial charge in [0.05, 0.1) is 22.5 Å². The number of aromatic amines is 1. The second-order valence-electron chi connectivity index (χ2n) is 5.34. The predicted octanol–water partition coefficient (Wildman–Crippen LogP) is 4.05. The van der Waals surface area contributed by atoms with Crippen LogP contribution in [0.3, 0.4) is 0 Å². The Hall–Kier alpha value is -2.84. The Morgan fingerprint density at radius 2 is 2.04 bits per heavy atom. The second-order valence-corrected chi connectivity index (χ2v) is 6.67. The van der Waals surface area contributed by atoms with Gasteiger partial charge in [-0.25, -0.2) is 9.78 Å². The van der Waals surface area contributed by atoms with Gasteiger partial charge in [0, 0.05) is 11.8 Å². The minimum Gasteiger partial charge on any atom is -0.250 e. The molecule has 6 nitrogen and oxygen atoms in total.